The molecular formula is C12H14N4O. The number of hydrogen-bond donors (Lipinski definition) is 2. The van der Waals surface area contributed by atoms with E-state index in [4.69, 9.17) is 11.5 Å². The Labute approximate surface area is 99.1 Å². The highest BCUT2D eigenvalue weighted by Gasteiger charge is 2.08. The number of anilines is 1. The van der Waals surface area contributed by atoms with Gasteiger partial charge < -0.3 is 16.0 Å². The fraction of sp³-hybridized carbons (Fsp3) is 0.167. The first-order valence-corrected chi connectivity index (χ1v) is 5.35. The van der Waals surface area contributed by atoms with E-state index >= 15 is 0 Å². The lowest BCUT2D eigenvalue weighted by Crippen LogP contribution is -2.12. The van der Waals surface area contributed by atoms with E-state index in [9.17, 15) is 4.79 Å². The van der Waals surface area contributed by atoms with Crippen LogP contribution in [0.15, 0.2) is 30.6 Å². The van der Waals surface area contributed by atoms with Crippen molar-refractivity contribution in [1.29, 1.82) is 0 Å². The third kappa shape index (κ3) is 1.99. The smallest absolute Gasteiger partial charge is 0.248 e. The largest absolute Gasteiger partial charge is 0.397 e. The molecule has 1 aromatic heterocycles. The van der Waals surface area contributed by atoms with Crippen LogP contribution in [0.2, 0.25) is 0 Å². The zero-order chi connectivity index (χ0) is 12.4. The summed E-state index contributed by atoms with van der Waals surface area (Å²) in [6, 6.07) is 5.01. The van der Waals surface area contributed by atoms with E-state index in [1.54, 1.807) is 24.4 Å². The number of benzene rings is 1. The molecule has 2 rings (SSSR count). The number of nitrogens with zero attached hydrogens (tertiary/aromatic N) is 2. The highest BCUT2D eigenvalue weighted by molar-refractivity contribution is 5.94. The number of aryl methyl sites for hydroxylation is 1. The van der Waals surface area contributed by atoms with Crippen LogP contribution in [0.1, 0.15) is 23.1 Å². The second kappa shape index (κ2) is 4.29. The van der Waals surface area contributed by atoms with E-state index in [0.717, 1.165) is 17.9 Å². The number of carbonyl (C=O) groups is 1. The maximum atomic E-state index is 11.0. The van der Waals surface area contributed by atoms with Gasteiger partial charge in [0, 0.05) is 24.4 Å². The van der Waals surface area contributed by atoms with Gasteiger partial charge in [0.2, 0.25) is 5.91 Å². The van der Waals surface area contributed by atoms with Crippen molar-refractivity contribution in [2.75, 3.05) is 5.73 Å². The molecule has 0 fully saturated rings. The van der Waals surface area contributed by atoms with Crippen LogP contribution in [0.25, 0.3) is 5.69 Å². The van der Waals surface area contributed by atoms with Gasteiger partial charge in [0.25, 0.3) is 0 Å². The highest BCUT2D eigenvalue weighted by atomic mass is 16.1. The average Bonchev–Trinajstić information content (AvgIpc) is 2.76. The van der Waals surface area contributed by atoms with Gasteiger partial charge in [-0.3, -0.25) is 4.79 Å². The zero-order valence-corrected chi connectivity index (χ0v) is 9.55. The molecule has 0 radical (unpaired) electrons. The number of aromatic nitrogens is 2. The molecule has 17 heavy (non-hydrogen) atoms. The average molecular weight is 230 g/mol. The maximum absolute atomic E-state index is 11.0. The second-order valence-corrected chi connectivity index (χ2v) is 3.70. The third-order valence-electron chi connectivity index (χ3n) is 2.61. The van der Waals surface area contributed by atoms with Crippen LogP contribution in [0.3, 0.4) is 0 Å². The highest BCUT2D eigenvalue weighted by Crippen LogP contribution is 2.20. The topological polar surface area (TPSA) is 86.9 Å². The van der Waals surface area contributed by atoms with Crippen molar-refractivity contribution in [2.45, 2.75) is 13.3 Å². The van der Waals surface area contributed by atoms with Crippen LogP contribution < -0.4 is 11.5 Å². The van der Waals surface area contributed by atoms with Crippen molar-refractivity contribution in [1.82, 2.24) is 9.55 Å². The van der Waals surface area contributed by atoms with E-state index in [-0.39, 0.29) is 0 Å². The first-order chi connectivity index (χ1) is 8.13. The number of primary amides is 1. The van der Waals surface area contributed by atoms with Gasteiger partial charge in [0.1, 0.15) is 5.82 Å². The number of carbonyl (C=O) groups excluding carboxylic acids is 1. The molecule has 0 saturated carbocycles. The summed E-state index contributed by atoms with van der Waals surface area (Å²) in [6.07, 6.45) is 4.37. The van der Waals surface area contributed by atoms with E-state index < -0.39 is 5.91 Å². The predicted octanol–water partition coefficient (Wildman–Crippen LogP) is 1.12. The van der Waals surface area contributed by atoms with E-state index in [1.807, 2.05) is 17.7 Å². The summed E-state index contributed by atoms with van der Waals surface area (Å²) in [6.45, 7) is 2.02. The molecule has 88 valence electrons. The molecule has 4 N–H and O–H groups in total. The Kier molecular flexibility index (Phi) is 2.82. The summed E-state index contributed by atoms with van der Waals surface area (Å²) in [5, 5.41) is 0. The summed E-state index contributed by atoms with van der Waals surface area (Å²) in [5.41, 5.74) is 12.8. The monoisotopic (exact) mass is 230 g/mol. The molecule has 5 nitrogen and oxygen atoms in total. The molecular weight excluding hydrogens is 216 g/mol. The van der Waals surface area contributed by atoms with Gasteiger partial charge in [-0.25, -0.2) is 4.98 Å². The molecule has 0 spiro atoms. The number of imidazole rings is 1. The Morgan fingerprint density at radius 2 is 2.24 bits per heavy atom. The molecule has 0 unspecified atom stereocenters. The first-order valence-electron chi connectivity index (χ1n) is 5.35. The number of hydrogen-bond acceptors (Lipinski definition) is 3. The van der Waals surface area contributed by atoms with Gasteiger partial charge in [0.15, 0.2) is 0 Å². The molecule has 0 aliphatic rings. The van der Waals surface area contributed by atoms with Gasteiger partial charge >= 0.3 is 0 Å². The normalized spacial score (nSPS) is 10.4. The van der Waals surface area contributed by atoms with E-state index in [2.05, 4.69) is 4.98 Å². The molecule has 1 aromatic carbocycles. The van der Waals surface area contributed by atoms with Crippen LogP contribution in [0, 0.1) is 0 Å². The van der Waals surface area contributed by atoms with Gasteiger partial charge in [-0.15, -0.1) is 0 Å². The number of nitrogen functional groups attached to an aromatic ring is 1. The Bertz CT molecular complexity index is 559. The molecule has 0 atom stereocenters. The fourth-order valence-electron chi connectivity index (χ4n) is 1.74. The molecule has 0 saturated heterocycles. The Balaban J connectivity index is 2.50. The first kappa shape index (κ1) is 11.2. The Hall–Kier alpha value is -2.30. The van der Waals surface area contributed by atoms with Gasteiger partial charge in [-0.2, -0.15) is 0 Å². The standard InChI is InChI=1S/C12H14N4O/c1-2-11-15-5-6-16(11)10-4-3-8(12(14)17)7-9(10)13/h3-7H,2,13H2,1H3,(H2,14,17). The van der Waals surface area contributed by atoms with E-state index in [0.29, 0.717) is 11.3 Å². The van der Waals surface area contributed by atoms with Gasteiger partial charge in [0.05, 0.1) is 11.4 Å². The molecule has 2 aromatic rings. The van der Waals surface area contributed by atoms with Gasteiger partial charge in [-0.05, 0) is 18.2 Å². The molecule has 0 aliphatic carbocycles. The van der Waals surface area contributed by atoms with Crippen molar-refractivity contribution in [3.05, 3.63) is 42.0 Å². The number of amides is 1. The lowest BCUT2D eigenvalue weighted by Gasteiger charge is -2.10. The summed E-state index contributed by atoms with van der Waals surface area (Å²) in [5.74, 6) is 0.438. The lowest BCUT2D eigenvalue weighted by molar-refractivity contribution is 0.100. The van der Waals surface area contributed by atoms with Crippen molar-refractivity contribution < 1.29 is 4.79 Å². The van der Waals surface area contributed by atoms with Crippen molar-refractivity contribution in [2.24, 2.45) is 5.73 Å². The quantitative estimate of drug-likeness (QED) is 0.774. The van der Waals surface area contributed by atoms with Crippen molar-refractivity contribution >= 4 is 11.6 Å². The molecule has 1 heterocycles. The van der Waals surface area contributed by atoms with Crippen LogP contribution in [-0.2, 0) is 6.42 Å². The lowest BCUT2D eigenvalue weighted by atomic mass is 10.1. The second-order valence-electron chi connectivity index (χ2n) is 3.70. The summed E-state index contributed by atoms with van der Waals surface area (Å²) in [4.78, 5) is 15.2. The number of rotatable bonds is 3. The minimum Gasteiger partial charge on any atom is -0.397 e. The minimum absolute atomic E-state index is 0.407. The van der Waals surface area contributed by atoms with Crippen molar-refractivity contribution in [3.8, 4) is 5.69 Å². The Morgan fingerprint density at radius 3 is 2.82 bits per heavy atom. The maximum Gasteiger partial charge on any atom is 0.248 e. The number of nitrogens with two attached hydrogens (primary N) is 2. The molecule has 5 heteroatoms. The van der Waals surface area contributed by atoms with Crippen LogP contribution in [0.5, 0.6) is 0 Å². The van der Waals surface area contributed by atoms with Crippen LogP contribution >= 0.6 is 0 Å². The van der Waals surface area contributed by atoms with Gasteiger partial charge in [-0.1, -0.05) is 6.92 Å². The molecule has 1 amide bonds. The SMILES string of the molecule is CCc1nccn1-c1ccc(C(N)=O)cc1N. The van der Waals surface area contributed by atoms with Crippen molar-refractivity contribution in [3.63, 3.8) is 0 Å². The predicted molar refractivity (Wildman–Crippen MR) is 65.9 cm³/mol. The fourth-order valence-corrected chi connectivity index (χ4v) is 1.74. The summed E-state index contributed by atoms with van der Waals surface area (Å²) >= 11 is 0. The van der Waals surface area contributed by atoms with Crippen LogP contribution in [0.4, 0.5) is 5.69 Å². The summed E-state index contributed by atoms with van der Waals surface area (Å²) in [7, 11) is 0. The third-order valence-corrected chi connectivity index (χ3v) is 2.61. The summed E-state index contributed by atoms with van der Waals surface area (Å²) < 4.78 is 1.90. The molecule has 0 aliphatic heterocycles. The van der Waals surface area contributed by atoms with Crippen LogP contribution in [-0.4, -0.2) is 15.5 Å². The zero-order valence-electron chi connectivity index (χ0n) is 9.55. The minimum atomic E-state index is -0.482. The van der Waals surface area contributed by atoms with E-state index in [1.165, 1.54) is 0 Å². The Morgan fingerprint density at radius 1 is 1.47 bits per heavy atom. The molecule has 0 bridgehead atoms.